The van der Waals surface area contributed by atoms with E-state index in [0.29, 0.717) is 16.8 Å². The molecule has 0 unspecified atom stereocenters. The second kappa shape index (κ2) is 5.73. The first-order valence-corrected chi connectivity index (χ1v) is 6.06. The first-order chi connectivity index (χ1) is 8.74. The quantitative estimate of drug-likeness (QED) is 0.863. The minimum absolute atomic E-state index is 0.190. The predicted molar refractivity (Wildman–Crippen MR) is 74.4 cm³/mol. The second-order valence-corrected chi connectivity index (χ2v) is 5.18. The van der Waals surface area contributed by atoms with Gasteiger partial charge in [0.1, 0.15) is 5.60 Å². The van der Waals surface area contributed by atoms with Gasteiger partial charge in [0.05, 0.1) is 0 Å². The topological polar surface area (TPSA) is 67.4 Å². The van der Waals surface area contributed by atoms with E-state index in [1.807, 2.05) is 0 Å². The fraction of sp³-hybridized carbons (Fsp3) is 0.429. The van der Waals surface area contributed by atoms with Crippen molar-refractivity contribution in [2.45, 2.75) is 33.3 Å². The van der Waals surface area contributed by atoms with Gasteiger partial charge in [-0.1, -0.05) is 6.07 Å². The molecule has 1 rings (SSSR count). The van der Waals surface area contributed by atoms with Crippen molar-refractivity contribution in [1.82, 2.24) is 5.32 Å². The van der Waals surface area contributed by atoms with Crippen molar-refractivity contribution in [2.24, 2.45) is 0 Å². The molecule has 0 heterocycles. The highest BCUT2D eigenvalue weighted by molar-refractivity contribution is 5.98. The molecule has 19 heavy (non-hydrogen) atoms. The smallest absolute Gasteiger partial charge is 0.412 e. The number of amides is 2. The van der Waals surface area contributed by atoms with E-state index in [1.54, 1.807) is 52.9 Å². The summed E-state index contributed by atoms with van der Waals surface area (Å²) < 4.78 is 5.17. The van der Waals surface area contributed by atoms with Gasteiger partial charge in [0.25, 0.3) is 5.91 Å². The fourth-order valence-corrected chi connectivity index (χ4v) is 1.57. The van der Waals surface area contributed by atoms with Crippen LogP contribution >= 0.6 is 0 Å². The number of hydrogen-bond acceptors (Lipinski definition) is 3. The van der Waals surface area contributed by atoms with Crippen molar-refractivity contribution in [2.75, 3.05) is 12.4 Å². The van der Waals surface area contributed by atoms with Gasteiger partial charge in [0, 0.05) is 18.3 Å². The molecule has 0 spiro atoms. The van der Waals surface area contributed by atoms with Crippen LogP contribution in [0.5, 0.6) is 0 Å². The molecule has 5 heteroatoms. The summed E-state index contributed by atoms with van der Waals surface area (Å²) in [5, 5.41) is 5.20. The Morgan fingerprint density at radius 3 is 2.37 bits per heavy atom. The van der Waals surface area contributed by atoms with Crippen molar-refractivity contribution >= 4 is 17.7 Å². The van der Waals surface area contributed by atoms with Crippen LogP contribution in [0.1, 0.15) is 36.7 Å². The summed E-state index contributed by atoms with van der Waals surface area (Å²) in [5.74, 6) is -0.190. The van der Waals surface area contributed by atoms with Crippen molar-refractivity contribution in [1.29, 1.82) is 0 Å². The van der Waals surface area contributed by atoms with Gasteiger partial charge in [-0.3, -0.25) is 10.1 Å². The first kappa shape index (κ1) is 15.0. The Bertz CT molecular complexity index is 490. The third-order valence-corrected chi connectivity index (χ3v) is 2.44. The molecule has 0 aliphatic carbocycles. The maximum absolute atomic E-state index is 11.7. The Morgan fingerprint density at radius 2 is 1.84 bits per heavy atom. The summed E-state index contributed by atoms with van der Waals surface area (Å²) in [6.45, 7) is 7.15. The van der Waals surface area contributed by atoms with Gasteiger partial charge in [-0.25, -0.2) is 4.79 Å². The van der Waals surface area contributed by atoms with Crippen LogP contribution in [-0.2, 0) is 4.74 Å². The molecule has 0 atom stereocenters. The van der Waals surface area contributed by atoms with Gasteiger partial charge in [-0.15, -0.1) is 0 Å². The number of hydrogen-bond donors (Lipinski definition) is 2. The van der Waals surface area contributed by atoms with Crippen LogP contribution < -0.4 is 10.6 Å². The standard InChI is InChI=1S/C14H20N2O3/c1-9-10(12(17)15-5)7-6-8-11(9)16-13(18)19-14(2,3)4/h6-8H,1-5H3,(H,15,17)(H,16,18). The van der Waals surface area contributed by atoms with Gasteiger partial charge in [-0.05, 0) is 45.4 Å². The molecule has 0 fully saturated rings. The largest absolute Gasteiger partial charge is 0.444 e. The molecule has 0 aliphatic heterocycles. The average Bonchev–Trinajstić information content (AvgIpc) is 2.28. The number of carbonyl (C=O) groups excluding carboxylic acids is 2. The van der Waals surface area contributed by atoms with Gasteiger partial charge in [-0.2, -0.15) is 0 Å². The molecule has 1 aromatic rings. The molecule has 1 aromatic carbocycles. The number of rotatable bonds is 2. The summed E-state index contributed by atoms with van der Waals surface area (Å²) in [5.41, 5.74) is 1.23. The number of benzene rings is 1. The lowest BCUT2D eigenvalue weighted by Crippen LogP contribution is -2.27. The molecular weight excluding hydrogens is 244 g/mol. The van der Waals surface area contributed by atoms with Crippen LogP contribution in [0.3, 0.4) is 0 Å². The van der Waals surface area contributed by atoms with Crippen LogP contribution in [0.4, 0.5) is 10.5 Å². The van der Waals surface area contributed by atoms with E-state index < -0.39 is 11.7 Å². The van der Waals surface area contributed by atoms with E-state index >= 15 is 0 Å². The molecule has 0 aliphatic rings. The van der Waals surface area contributed by atoms with Gasteiger partial charge >= 0.3 is 6.09 Å². The maximum Gasteiger partial charge on any atom is 0.412 e. The molecule has 104 valence electrons. The van der Waals surface area contributed by atoms with E-state index in [1.165, 1.54) is 0 Å². The van der Waals surface area contributed by atoms with E-state index in [-0.39, 0.29) is 5.91 Å². The Kier molecular flexibility index (Phi) is 4.53. The number of nitrogens with one attached hydrogen (secondary N) is 2. The maximum atomic E-state index is 11.7. The van der Waals surface area contributed by atoms with Crippen LogP contribution in [0.2, 0.25) is 0 Å². The molecule has 0 radical (unpaired) electrons. The number of anilines is 1. The lowest BCUT2D eigenvalue weighted by Gasteiger charge is -2.20. The second-order valence-electron chi connectivity index (χ2n) is 5.18. The highest BCUT2D eigenvalue weighted by atomic mass is 16.6. The average molecular weight is 264 g/mol. The van der Waals surface area contributed by atoms with Gasteiger partial charge < -0.3 is 10.1 Å². The highest BCUT2D eigenvalue weighted by Gasteiger charge is 2.18. The minimum Gasteiger partial charge on any atom is -0.444 e. The first-order valence-electron chi connectivity index (χ1n) is 6.06. The molecule has 0 saturated carbocycles. The Morgan fingerprint density at radius 1 is 1.21 bits per heavy atom. The molecular formula is C14H20N2O3. The Hall–Kier alpha value is -2.04. The molecule has 0 bridgehead atoms. The van der Waals surface area contributed by atoms with E-state index in [9.17, 15) is 9.59 Å². The predicted octanol–water partition coefficient (Wildman–Crippen LogP) is 2.70. The van der Waals surface area contributed by atoms with Crippen LogP contribution in [0.15, 0.2) is 18.2 Å². The Balaban J connectivity index is 2.91. The van der Waals surface area contributed by atoms with Crippen molar-refractivity contribution in [3.05, 3.63) is 29.3 Å². The molecule has 2 N–H and O–H groups in total. The lowest BCUT2D eigenvalue weighted by atomic mass is 10.1. The summed E-state index contributed by atoms with van der Waals surface area (Å²) in [4.78, 5) is 23.3. The third kappa shape index (κ3) is 4.28. The zero-order valence-corrected chi connectivity index (χ0v) is 12.0. The molecule has 5 nitrogen and oxygen atoms in total. The molecule has 2 amide bonds. The summed E-state index contributed by atoms with van der Waals surface area (Å²) in [6, 6.07) is 5.14. The summed E-state index contributed by atoms with van der Waals surface area (Å²) in [7, 11) is 1.57. The monoisotopic (exact) mass is 264 g/mol. The van der Waals surface area contributed by atoms with E-state index in [0.717, 1.165) is 0 Å². The van der Waals surface area contributed by atoms with Crippen LogP contribution in [-0.4, -0.2) is 24.6 Å². The van der Waals surface area contributed by atoms with E-state index in [2.05, 4.69) is 10.6 Å². The van der Waals surface area contributed by atoms with Crippen molar-refractivity contribution in [3.63, 3.8) is 0 Å². The van der Waals surface area contributed by atoms with Gasteiger partial charge in [0.2, 0.25) is 0 Å². The zero-order valence-electron chi connectivity index (χ0n) is 12.0. The van der Waals surface area contributed by atoms with Crippen molar-refractivity contribution < 1.29 is 14.3 Å². The summed E-state index contributed by atoms with van der Waals surface area (Å²) >= 11 is 0. The Labute approximate surface area is 113 Å². The van der Waals surface area contributed by atoms with Crippen LogP contribution in [0.25, 0.3) is 0 Å². The van der Waals surface area contributed by atoms with Crippen molar-refractivity contribution in [3.8, 4) is 0 Å². The molecule has 0 saturated heterocycles. The molecule has 0 aromatic heterocycles. The lowest BCUT2D eigenvalue weighted by molar-refractivity contribution is 0.0635. The van der Waals surface area contributed by atoms with Gasteiger partial charge in [0.15, 0.2) is 0 Å². The fourth-order valence-electron chi connectivity index (χ4n) is 1.57. The number of ether oxygens (including phenoxy) is 1. The number of carbonyl (C=O) groups is 2. The SMILES string of the molecule is CNC(=O)c1cccc(NC(=O)OC(C)(C)C)c1C. The minimum atomic E-state index is -0.559. The normalized spacial score (nSPS) is 10.8. The highest BCUT2D eigenvalue weighted by Crippen LogP contribution is 2.20. The summed E-state index contributed by atoms with van der Waals surface area (Å²) in [6.07, 6.45) is -0.537. The third-order valence-electron chi connectivity index (χ3n) is 2.44. The zero-order chi connectivity index (χ0) is 14.6. The van der Waals surface area contributed by atoms with Crippen LogP contribution in [0, 0.1) is 6.92 Å². The van der Waals surface area contributed by atoms with E-state index in [4.69, 9.17) is 4.74 Å².